The molecule has 1 fully saturated rings. The second-order valence-corrected chi connectivity index (χ2v) is 5.57. The SMILES string of the molecule is CC1CCN(c2ncc(Br)cc2Br)C1. The van der Waals surface area contributed by atoms with E-state index in [0.717, 1.165) is 33.8 Å². The molecule has 2 nitrogen and oxygen atoms in total. The Balaban J connectivity index is 2.24. The summed E-state index contributed by atoms with van der Waals surface area (Å²) < 4.78 is 2.08. The van der Waals surface area contributed by atoms with Gasteiger partial charge < -0.3 is 4.90 Å². The Morgan fingerprint density at radius 2 is 2.29 bits per heavy atom. The molecule has 0 aromatic carbocycles. The Kier molecular flexibility index (Phi) is 3.12. The number of rotatable bonds is 1. The molecule has 0 radical (unpaired) electrons. The van der Waals surface area contributed by atoms with Crippen LogP contribution in [0.25, 0.3) is 0 Å². The van der Waals surface area contributed by atoms with Gasteiger partial charge >= 0.3 is 0 Å². The van der Waals surface area contributed by atoms with Crippen LogP contribution in [-0.2, 0) is 0 Å². The molecule has 1 saturated heterocycles. The molecule has 2 rings (SSSR count). The minimum Gasteiger partial charge on any atom is -0.355 e. The molecular formula is C10H12Br2N2. The minimum atomic E-state index is 0.785. The molecule has 1 aliphatic rings. The number of halogens is 2. The van der Waals surface area contributed by atoms with Gasteiger partial charge in [-0.05, 0) is 50.3 Å². The van der Waals surface area contributed by atoms with Crippen molar-refractivity contribution in [3.8, 4) is 0 Å². The van der Waals surface area contributed by atoms with E-state index in [1.807, 2.05) is 12.3 Å². The van der Waals surface area contributed by atoms with Crippen LogP contribution in [0.5, 0.6) is 0 Å². The van der Waals surface area contributed by atoms with Gasteiger partial charge in [0, 0.05) is 23.8 Å². The highest BCUT2D eigenvalue weighted by Gasteiger charge is 2.21. The molecule has 0 N–H and O–H groups in total. The summed E-state index contributed by atoms with van der Waals surface area (Å²) in [5, 5.41) is 0. The Morgan fingerprint density at radius 1 is 1.50 bits per heavy atom. The van der Waals surface area contributed by atoms with Gasteiger partial charge in [0.2, 0.25) is 0 Å². The van der Waals surface area contributed by atoms with Crippen LogP contribution in [0, 0.1) is 5.92 Å². The topological polar surface area (TPSA) is 16.1 Å². The maximum atomic E-state index is 4.43. The fourth-order valence-corrected chi connectivity index (χ4v) is 3.01. The highest BCUT2D eigenvalue weighted by atomic mass is 79.9. The summed E-state index contributed by atoms with van der Waals surface area (Å²) in [5.41, 5.74) is 0. The van der Waals surface area contributed by atoms with E-state index in [1.165, 1.54) is 6.42 Å². The zero-order valence-electron chi connectivity index (χ0n) is 8.00. The predicted octanol–water partition coefficient (Wildman–Crippen LogP) is 3.45. The third kappa shape index (κ3) is 2.11. The highest BCUT2D eigenvalue weighted by Crippen LogP contribution is 2.30. The number of hydrogen-bond donors (Lipinski definition) is 0. The Labute approximate surface area is 101 Å². The first-order chi connectivity index (χ1) is 6.66. The number of pyridine rings is 1. The van der Waals surface area contributed by atoms with Crippen LogP contribution in [0.4, 0.5) is 5.82 Å². The summed E-state index contributed by atoms with van der Waals surface area (Å²) in [6.07, 6.45) is 3.12. The van der Waals surface area contributed by atoms with Crippen molar-refractivity contribution in [3.63, 3.8) is 0 Å². The van der Waals surface area contributed by atoms with Crippen molar-refractivity contribution < 1.29 is 0 Å². The fraction of sp³-hybridized carbons (Fsp3) is 0.500. The van der Waals surface area contributed by atoms with Crippen LogP contribution >= 0.6 is 31.9 Å². The van der Waals surface area contributed by atoms with E-state index in [4.69, 9.17) is 0 Å². The zero-order chi connectivity index (χ0) is 10.1. The highest BCUT2D eigenvalue weighted by molar-refractivity contribution is 9.11. The minimum absolute atomic E-state index is 0.785. The number of hydrogen-bond acceptors (Lipinski definition) is 2. The normalized spacial score (nSPS) is 21.6. The Hall–Kier alpha value is -0.0900. The van der Waals surface area contributed by atoms with Crippen molar-refractivity contribution >= 4 is 37.7 Å². The molecule has 0 amide bonds. The largest absolute Gasteiger partial charge is 0.355 e. The summed E-state index contributed by atoms with van der Waals surface area (Å²) in [6, 6.07) is 2.05. The molecule has 76 valence electrons. The Bertz CT molecular complexity index is 341. The molecule has 0 saturated carbocycles. The van der Waals surface area contributed by atoms with E-state index in [2.05, 4.69) is 48.7 Å². The first kappa shape index (κ1) is 10.4. The standard InChI is InChI=1S/C10H12Br2N2/c1-7-2-3-14(6-7)10-9(12)4-8(11)5-13-10/h4-5,7H,2-3,6H2,1H3. The maximum Gasteiger partial charge on any atom is 0.142 e. The van der Waals surface area contributed by atoms with Crippen molar-refractivity contribution in [1.29, 1.82) is 0 Å². The molecule has 14 heavy (non-hydrogen) atoms. The summed E-state index contributed by atoms with van der Waals surface area (Å²) in [7, 11) is 0. The van der Waals surface area contributed by atoms with E-state index in [-0.39, 0.29) is 0 Å². The monoisotopic (exact) mass is 318 g/mol. The van der Waals surface area contributed by atoms with Crippen LogP contribution in [0.3, 0.4) is 0 Å². The molecule has 1 atom stereocenters. The quantitative estimate of drug-likeness (QED) is 0.788. The summed E-state index contributed by atoms with van der Waals surface area (Å²) in [4.78, 5) is 6.76. The van der Waals surface area contributed by atoms with Gasteiger partial charge in [-0.15, -0.1) is 0 Å². The summed E-state index contributed by atoms with van der Waals surface area (Å²) in [5.74, 6) is 1.85. The van der Waals surface area contributed by atoms with Gasteiger partial charge in [0.1, 0.15) is 5.82 Å². The van der Waals surface area contributed by atoms with Gasteiger partial charge in [-0.1, -0.05) is 6.92 Å². The van der Waals surface area contributed by atoms with Crippen molar-refractivity contribution in [2.75, 3.05) is 18.0 Å². The van der Waals surface area contributed by atoms with Crippen LogP contribution in [0.15, 0.2) is 21.2 Å². The van der Waals surface area contributed by atoms with E-state index in [1.54, 1.807) is 0 Å². The molecule has 1 aromatic rings. The fourth-order valence-electron chi connectivity index (χ4n) is 1.77. The van der Waals surface area contributed by atoms with Gasteiger partial charge in [-0.2, -0.15) is 0 Å². The first-order valence-electron chi connectivity index (χ1n) is 4.73. The molecule has 1 aliphatic heterocycles. The lowest BCUT2D eigenvalue weighted by atomic mass is 10.2. The van der Waals surface area contributed by atoms with Crippen LogP contribution in [-0.4, -0.2) is 18.1 Å². The van der Waals surface area contributed by atoms with Gasteiger partial charge in [0.15, 0.2) is 0 Å². The lowest BCUT2D eigenvalue weighted by molar-refractivity contribution is 0.659. The van der Waals surface area contributed by atoms with E-state index in [9.17, 15) is 0 Å². The number of nitrogens with zero attached hydrogens (tertiary/aromatic N) is 2. The molecule has 0 spiro atoms. The predicted molar refractivity (Wildman–Crippen MR) is 65.6 cm³/mol. The lowest BCUT2D eigenvalue weighted by Crippen LogP contribution is -2.20. The zero-order valence-corrected chi connectivity index (χ0v) is 11.2. The lowest BCUT2D eigenvalue weighted by Gasteiger charge is -2.18. The van der Waals surface area contributed by atoms with Crippen molar-refractivity contribution in [2.45, 2.75) is 13.3 Å². The second-order valence-electron chi connectivity index (χ2n) is 3.80. The number of aromatic nitrogens is 1. The molecule has 0 bridgehead atoms. The van der Waals surface area contributed by atoms with E-state index in [0.29, 0.717) is 0 Å². The van der Waals surface area contributed by atoms with E-state index >= 15 is 0 Å². The maximum absolute atomic E-state index is 4.43. The van der Waals surface area contributed by atoms with Gasteiger partial charge in [-0.3, -0.25) is 0 Å². The molecule has 1 aromatic heterocycles. The summed E-state index contributed by atoms with van der Waals surface area (Å²) >= 11 is 6.95. The van der Waals surface area contributed by atoms with E-state index < -0.39 is 0 Å². The molecule has 2 heterocycles. The molecule has 4 heteroatoms. The van der Waals surface area contributed by atoms with Crippen LogP contribution < -0.4 is 4.90 Å². The van der Waals surface area contributed by atoms with Gasteiger partial charge in [-0.25, -0.2) is 4.98 Å². The van der Waals surface area contributed by atoms with Gasteiger partial charge in [0.05, 0.1) is 4.47 Å². The average Bonchev–Trinajstić information content (AvgIpc) is 2.51. The third-order valence-electron chi connectivity index (χ3n) is 2.51. The summed E-state index contributed by atoms with van der Waals surface area (Å²) in [6.45, 7) is 4.52. The first-order valence-corrected chi connectivity index (χ1v) is 6.31. The molecule has 1 unspecified atom stereocenters. The van der Waals surface area contributed by atoms with Crippen molar-refractivity contribution in [1.82, 2.24) is 4.98 Å². The number of anilines is 1. The average molecular weight is 320 g/mol. The third-order valence-corrected chi connectivity index (χ3v) is 3.53. The second kappa shape index (κ2) is 4.19. The molecular weight excluding hydrogens is 308 g/mol. The van der Waals surface area contributed by atoms with Gasteiger partial charge in [0.25, 0.3) is 0 Å². The van der Waals surface area contributed by atoms with Crippen LogP contribution in [0.1, 0.15) is 13.3 Å². The smallest absolute Gasteiger partial charge is 0.142 e. The van der Waals surface area contributed by atoms with Crippen LogP contribution in [0.2, 0.25) is 0 Å². The van der Waals surface area contributed by atoms with Crippen molar-refractivity contribution in [3.05, 3.63) is 21.2 Å². The van der Waals surface area contributed by atoms with Crippen molar-refractivity contribution in [2.24, 2.45) is 5.92 Å². The Morgan fingerprint density at radius 3 is 2.86 bits per heavy atom. The molecule has 0 aliphatic carbocycles.